The number of nitrogens with one attached hydrogen (secondary N) is 1. The van der Waals surface area contributed by atoms with Gasteiger partial charge in [-0.2, -0.15) is 18.4 Å². The third-order valence-electron chi connectivity index (χ3n) is 5.31. The van der Waals surface area contributed by atoms with Crippen LogP contribution in [0.1, 0.15) is 22.3 Å². The largest absolute Gasteiger partial charge is 0.416 e. The maximum absolute atomic E-state index is 13.0. The highest BCUT2D eigenvalue weighted by Crippen LogP contribution is 2.32. The summed E-state index contributed by atoms with van der Waals surface area (Å²) < 4.78 is 39.0. The van der Waals surface area contributed by atoms with Crippen LogP contribution >= 0.6 is 0 Å². The fraction of sp³-hybridized carbons (Fsp3) is 0.0357. The van der Waals surface area contributed by atoms with Crippen molar-refractivity contribution in [1.29, 1.82) is 5.26 Å². The van der Waals surface area contributed by atoms with E-state index in [-0.39, 0.29) is 5.91 Å². The Bertz CT molecular complexity index is 1470. The number of anilines is 1. The Kier molecular flexibility index (Phi) is 6.74. The van der Waals surface area contributed by atoms with E-state index in [1.54, 1.807) is 54.9 Å². The van der Waals surface area contributed by atoms with E-state index in [9.17, 15) is 23.2 Å². The molecule has 35 heavy (non-hydrogen) atoms. The Morgan fingerprint density at radius 1 is 0.971 bits per heavy atom. The van der Waals surface area contributed by atoms with Gasteiger partial charge in [0, 0.05) is 40.5 Å². The minimum atomic E-state index is -4.46. The maximum atomic E-state index is 13.0. The Balaban J connectivity index is 1.65. The number of aromatic nitrogens is 1. The summed E-state index contributed by atoms with van der Waals surface area (Å²) in [7, 11) is 0. The third-order valence-corrected chi connectivity index (χ3v) is 5.31. The number of halogens is 3. The predicted octanol–water partition coefficient (Wildman–Crippen LogP) is 6.75. The first kappa shape index (κ1) is 23.5. The highest BCUT2D eigenvalue weighted by Gasteiger charge is 2.30. The smallest absolute Gasteiger partial charge is 0.322 e. The Hall–Kier alpha value is -4.70. The number of hydrogen-bond acceptors (Lipinski definition) is 3. The van der Waals surface area contributed by atoms with Crippen LogP contribution in [0.5, 0.6) is 0 Å². The number of fused-ring (bicyclic) bond motifs is 1. The molecule has 3 aromatic carbocycles. The average Bonchev–Trinajstić information content (AvgIpc) is 2.86. The number of amides is 1. The molecule has 4 rings (SSSR count). The molecule has 0 saturated carbocycles. The SMILES string of the molecule is N#Cc1ccccc1C(=CC=CC(=O)Nc1cccc2cnccc12)c1ccc(C(F)(F)F)cc1. The van der Waals surface area contributed by atoms with Crippen LogP contribution in [-0.2, 0) is 11.0 Å². The van der Waals surface area contributed by atoms with Gasteiger partial charge in [-0.3, -0.25) is 9.78 Å². The molecule has 4 nitrogen and oxygen atoms in total. The summed E-state index contributed by atoms with van der Waals surface area (Å²) in [4.78, 5) is 16.6. The number of benzene rings is 3. The Morgan fingerprint density at radius 2 is 1.74 bits per heavy atom. The summed E-state index contributed by atoms with van der Waals surface area (Å²) >= 11 is 0. The molecule has 1 amide bonds. The van der Waals surface area contributed by atoms with E-state index in [0.717, 1.165) is 22.9 Å². The van der Waals surface area contributed by atoms with E-state index in [0.29, 0.717) is 28.0 Å². The van der Waals surface area contributed by atoms with Crippen LogP contribution in [0.15, 0.2) is 103 Å². The van der Waals surface area contributed by atoms with E-state index >= 15 is 0 Å². The van der Waals surface area contributed by atoms with Crippen molar-refractivity contribution in [3.05, 3.63) is 126 Å². The van der Waals surface area contributed by atoms with Gasteiger partial charge in [0.15, 0.2) is 0 Å². The zero-order valence-corrected chi connectivity index (χ0v) is 18.3. The number of nitrogens with zero attached hydrogens (tertiary/aromatic N) is 2. The molecule has 4 aromatic rings. The lowest BCUT2D eigenvalue weighted by Gasteiger charge is -2.12. The number of rotatable bonds is 5. The number of carbonyl (C=O) groups is 1. The number of alkyl halides is 3. The Morgan fingerprint density at radius 3 is 2.49 bits per heavy atom. The first-order valence-corrected chi connectivity index (χ1v) is 10.6. The van der Waals surface area contributed by atoms with Crippen molar-refractivity contribution >= 4 is 27.9 Å². The fourth-order valence-electron chi connectivity index (χ4n) is 3.63. The molecule has 172 valence electrons. The molecule has 0 fully saturated rings. The zero-order chi connectivity index (χ0) is 24.8. The Labute approximate surface area is 199 Å². The highest BCUT2D eigenvalue weighted by molar-refractivity contribution is 6.06. The van der Waals surface area contributed by atoms with Crippen LogP contribution in [0.4, 0.5) is 18.9 Å². The van der Waals surface area contributed by atoms with Crippen molar-refractivity contribution in [1.82, 2.24) is 4.98 Å². The van der Waals surface area contributed by atoms with Gasteiger partial charge in [-0.25, -0.2) is 0 Å². The molecule has 7 heteroatoms. The van der Waals surface area contributed by atoms with Crippen LogP contribution in [-0.4, -0.2) is 10.9 Å². The second-order valence-electron chi connectivity index (χ2n) is 7.56. The molecule has 0 unspecified atom stereocenters. The van der Waals surface area contributed by atoms with Crippen molar-refractivity contribution in [3.63, 3.8) is 0 Å². The second-order valence-corrected chi connectivity index (χ2v) is 7.56. The molecule has 1 N–H and O–H groups in total. The molecule has 1 aromatic heterocycles. The monoisotopic (exact) mass is 469 g/mol. The van der Waals surface area contributed by atoms with Gasteiger partial charge in [-0.05, 0) is 41.5 Å². The normalized spacial score (nSPS) is 12.0. The van der Waals surface area contributed by atoms with Crippen LogP contribution in [0, 0.1) is 11.3 Å². The van der Waals surface area contributed by atoms with Gasteiger partial charge < -0.3 is 5.32 Å². The first-order chi connectivity index (χ1) is 16.9. The minimum absolute atomic E-state index is 0.362. The lowest BCUT2D eigenvalue weighted by Crippen LogP contribution is -2.08. The van der Waals surface area contributed by atoms with Gasteiger partial charge in [0.2, 0.25) is 5.91 Å². The standard InChI is InChI=1S/C28H18F3N3O/c29-28(30,31)22-13-11-19(12-14-22)23(24-7-2-1-5-20(24)17-32)8-4-10-27(35)34-26-9-3-6-21-18-33-16-15-25(21)26/h1-16,18H,(H,34,35). The predicted molar refractivity (Wildman–Crippen MR) is 129 cm³/mol. The highest BCUT2D eigenvalue weighted by atomic mass is 19.4. The van der Waals surface area contributed by atoms with Gasteiger partial charge in [-0.15, -0.1) is 0 Å². The average molecular weight is 469 g/mol. The second kappa shape index (κ2) is 10.1. The van der Waals surface area contributed by atoms with Crippen molar-refractivity contribution < 1.29 is 18.0 Å². The zero-order valence-electron chi connectivity index (χ0n) is 18.3. The van der Waals surface area contributed by atoms with Crippen molar-refractivity contribution in [2.24, 2.45) is 0 Å². The minimum Gasteiger partial charge on any atom is -0.322 e. The summed E-state index contributed by atoms with van der Waals surface area (Å²) in [5, 5.41) is 14.1. The molecule has 0 aliphatic carbocycles. The quantitative estimate of drug-likeness (QED) is 0.260. The number of hydrogen-bond donors (Lipinski definition) is 1. The summed E-state index contributed by atoms with van der Waals surface area (Å²) in [5.41, 5.74) is 1.75. The van der Waals surface area contributed by atoms with E-state index in [1.165, 1.54) is 24.3 Å². The topological polar surface area (TPSA) is 65.8 Å². The van der Waals surface area contributed by atoms with Gasteiger partial charge in [0.1, 0.15) is 0 Å². The summed E-state index contributed by atoms with van der Waals surface area (Å²) in [6, 6.07) is 20.8. The molecular formula is C28H18F3N3O. The van der Waals surface area contributed by atoms with E-state index in [1.807, 2.05) is 12.1 Å². The van der Waals surface area contributed by atoms with Crippen LogP contribution in [0.2, 0.25) is 0 Å². The fourth-order valence-corrected chi connectivity index (χ4v) is 3.63. The van der Waals surface area contributed by atoms with E-state index in [4.69, 9.17) is 0 Å². The molecule has 0 saturated heterocycles. The van der Waals surface area contributed by atoms with Gasteiger partial charge in [0.05, 0.1) is 17.2 Å². The van der Waals surface area contributed by atoms with Crippen molar-refractivity contribution in [2.75, 3.05) is 5.32 Å². The third kappa shape index (κ3) is 5.45. The molecule has 0 bridgehead atoms. The van der Waals surface area contributed by atoms with Crippen LogP contribution in [0.25, 0.3) is 16.3 Å². The van der Waals surface area contributed by atoms with Crippen molar-refractivity contribution in [2.45, 2.75) is 6.18 Å². The molecule has 0 aliphatic heterocycles. The molecule has 1 heterocycles. The number of pyridine rings is 1. The lowest BCUT2D eigenvalue weighted by atomic mass is 9.93. The van der Waals surface area contributed by atoms with E-state index in [2.05, 4.69) is 16.4 Å². The van der Waals surface area contributed by atoms with Gasteiger partial charge >= 0.3 is 6.18 Å². The molecule has 0 aliphatic rings. The summed E-state index contributed by atoms with van der Waals surface area (Å²) in [5.74, 6) is -0.383. The van der Waals surface area contributed by atoms with Gasteiger partial charge in [0.25, 0.3) is 0 Å². The van der Waals surface area contributed by atoms with Crippen LogP contribution < -0.4 is 5.32 Å². The summed E-state index contributed by atoms with van der Waals surface area (Å²) in [6.45, 7) is 0. The lowest BCUT2D eigenvalue weighted by molar-refractivity contribution is -0.137. The van der Waals surface area contributed by atoms with Crippen molar-refractivity contribution in [3.8, 4) is 6.07 Å². The van der Waals surface area contributed by atoms with Crippen LogP contribution in [0.3, 0.4) is 0 Å². The summed E-state index contributed by atoms with van der Waals surface area (Å²) in [6.07, 6.45) is 3.31. The van der Waals surface area contributed by atoms with Gasteiger partial charge in [-0.1, -0.05) is 54.6 Å². The van der Waals surface area contributed by atoms with E-state index < -0.39 is 11.7 Å². The molecule has 0 radical (unpaired) electrons. The number of nitriles is 1. The number of allylic oxidation sites excluding steroid dienone is 2. The molecular weight excluding hydrogens is 451 g/mol. The maximum Gasteiger partial charge on any atom is 0.416 e. The number of carbonyl (C=O) groups excluding carboxylic acids is 1. The molecule has 0 spiro atoms. The molecule has 0 atom stereocenters. The first-order valence-electron chi connectivity index (χ1n) is 10.6.